The summed E-state index contributed by atoms with van der Waals surface area (Å²) in [5.74, 6) is 0.866. The summed E-state index contributed by atoms with van der Waals surface area (Å²) in [6, 6.07) is 5.94. The van der Waals surface area contributed by atoms with Crippen molar-refractivity contribution < 1.29 is 4.74 Å². The van der Waals surface area contributed by atoms with Gasteiger partial charge in [-0.15, -0.1) is 0 Å². The number of aryl methyl sites for hydroxylation is 1. The highest BCUT2D eigenvalue weighted by atomic mass is 35.5. The van der Waals surface area contributed by atoms with Gasteiger partial charge in [0.25, 0.3) is 0 Å². The quantitative estimate of drug-likeness (QED) is 0.831. The van der Waals surface area contributed by atoms with E-state index in [1.807, 2.05) is 25.1 Å². The summed E-state index contributed by atoms with van der Waals surface area (Å²) in [4.78, 5) is 0. The average molecular weight is 212 g/mol. The molecule has 0 bridgehead atoms. The minimum atomic E-state index is 0.474. The molecule has 0 heterocycles. The molecule has 76 valence electrons. The molecule has 0 unspecified atom stereocenters. The molecule has 3 heteroatoms. The third kappa shape index (κ3) is 2.76. The molecule has 1 aromatic rings. The lowest BCUT2D eigenvalue weighted by atomic mass is 10.1. The summed E-state index contributed by atoms with van der Waals surface area (Å²) < 4.78 is 5.55. The van der Waals surface area contributed by atoms with Crippen LogP contribution in [0.4, 0.5) is 0 Å². The maximum absolute atomic E-state index is 5.60. The van der Waals surface area contributed by atoms with Gasteiger partial charge in [-0.3, -0.25) is 0 Å². The molecule has 0 atom stereocenters. The van der Waals surface area contributed by atoms with Crippen LogP contribution in [0.5, 0.6) is 5.75 Å². The number of hydrogen-bond acceptors (Lipinski definition) is 2. The number of rotatable bonds is 4. The Balaban J connectivity index is 2.82. The van der Waals surface area contributed by atoms with Crippen molar-refractivity contribution in [2.24, 2.45) is 5.73 Å². The summed E-state index contributed by atoms with van der Waals surface area (Å²) in [5, 5.41) is 0. The molecule has 0 aliphatic rings. The van der Waals surface area contributed by atoms with E-state index in [9.17, 15) is 0 Å². The van der Waals surface area contributed by atoms with Crippen molar-refractivity contribution in [3.05, 3.63) is 40.9 Å². The Labute approximate surface area is 89.3 Å². The van der Waals surface area contributed by atoms with Crippen LogP contribution in [0.2, 0.25) is 0 Å². The zero-order valence-electron chi connectivity index (χ0n) is 8.16. The van der Waals surface area contributed by atoms with Crippen LogP contribution in [0.1, 0.15) is 11.1 Å². The lowest BCUT2D eigenvalue weighted by Gasteiger charge is -2.11. The van der Waals surface area contributed by atoms with E-state index in [0.717, 1.165) is 16.9 Å². The van der Waals surface area contributed by atoms with Crippen molar-refractivity contribution in [1.29, 1.82) is 0 Å². The molecule has 14 heavy (non-hydrogen) atoms. The maximum atomic E-state index is 5.60. The second-order valence-corrected chi connectivity index (χ2v) is 3.19. The molecule has 0 spiro atoms. The molecule has 0 saturated heterocycles. The molecule has 2 nitrogen and oxygen atoms in total. The van der Waals surface area contributed by atoms with Gasteiger partial charge in [0, 0.05) is 17.6 Å². The van der Waals surface area contributed by atoms with E-state index in [1.54, 1.807) is 6.08 Å². The third-order valence-corrected chi connectivity index (χ3v) is 2.10. The van der Waals surface area contributed by atoms with Crippen LogP contribution >= 0.6 is 11.6 Å². The Morgan fingerprint density at radius 2 is 2.29 bits per heavy atom. The highest BCUT2D eigenvalue weighted by molar-refractivity contribution is 6.25. The van der Waals surface area contributed by atoms with Gasteiger partial charge in [-0.25, -0.2) is 0 Å². The van der Waals surface area contributed by atoms with Crippen LogP contribution in [0, 0.1) is 6.92 Å². The number of hydrogen-bond donors (Lipinski definition) is 1. The van der Waals surface area contributed by atoms with Gasteiger partial charge < -0.3 is 10.5 Å². The molecular formula is C11H14ClNO. The largest absolute Gasteiger partial charge is 0.489 e. The van der Waals surface area contributed by atoms with Crippen molar-refractivity contribution in [1.82, 2.24) is 0 Å². The zero-order chi connectivity index (χ0) is 10.4. The zero-order valence-corrected chi connectivity index (χ0v) is 8.92. The van der Waals surface area contributed by atoms with Gasteiger partial charge in [-0.05, 0) is 18.6 Å². The molecule has 0 aromatic heterocycles. The highest BCUT2D eigenvalue weighted by Crippen LogP contribution is 2.22. The van der Waals surface area contributed by atoms with Crippen LogP contribution in [0.3, 0.4) is 0 Å². The number of halogens is 1. The van der Waals surface area contributed by atoms with Crippen molar-refractivity contribution >= 4 is 11.6 Å². The Hall–Kier alpha value is -0.990. The molecular weight excluding hydrogens is 198 g/mol. The van der Waals surface area contributed by atoms with Crippen LogP contribution in [0.25, 0.3) is 0 Å². The topological polar surface area (TPSA) is 35.2 Å². The van der Waals surface area contributed by atoms with Crippen molar-refractivity contribution in [2.75, 3.05) is 6.61 Å². The minimum Gasteiger partial charge on any atom is -0.489 e. The molecule has 0 aliphatic heterocycles. The SMILES string of the molecule is Cc1cccc(CN)c1OC/C=C/Cl. The van der Waals surface area contributed by atoms with E-state index in [-0.39, 0.29) is 0 Å². The first-order valence-corrected chi connectivity index (χ1v) is 4.89. The van der Waals surface area contributed by atoms with Crippen LogP contribution < -0.4 is 10.5 Å². The molecule has 0 fully saturated rings. The highest BCUT2D eigenvalue weighted by Gasteiger charge is 2.03. The fourth-order valence-corrected chi connectivity index (χ4v) is 1.32. The van der Waals surface area contributed by atoms with Crippen LogP contribution in [0.15, 0.2) is 29.8 Å². The predicted octanol–water partition coefficient (Wildman–Crippen LogP) is 2.59. The van der Waals surface area contributed by atoms with Gasteiger partial charge in [0.1, 0.15) is 12.4 Å². The minimum absolute atomic E-state index is 0.474. The smallest absolute Gasteiger partial charge is 0.127 e. The van der Waals surface area contributed by atoms with Crippen LogP contribution in [-0.2, 0) is 6.54 Å². The van der Waals surface area contributed by atoms with Gasteiger partial charge in [-0.2, -0.15) is 0 Å². The number of ether oxygens (including phenoxy) is 1. The first-order valence-electron chi connectivity index (χ1n) is 4.46. The van der Waals surface area contributed by atoms with Crippen molar-refractivity contribution in [3.63, 3.8) is 0 Å². The summed E-state index contributed by atoms with van der Waals surface area (Å²) in [7, 11) is 0. The summed E-state index contributed by atoms with van der Waals surface area (Å²) in [6.45, 7) is 2.96. The Kier molecular flexibility index (Phi) is 4.50. The second kappa shape index (κ2) is 5.68. The number of para-hydroxylation sites is 1. The number of benzene rings is 1. The van der Waals surface area contributed by atoms with Gasteiger partial charge >= 0.3 is 0 Å². The summed E-state index contributed by atoms with van der Waals surface area (Å²) in [6.07, 6.45) is 1.74. The molecule has 1 aromatic carbocycles. The second-order valence-electron chi connectivity index (χ2n) is 2.94. The molecule has 0 aliphatic carbocycles. The third-order valence-electron chi connectivity index (χ3n) is 1.93. The van der Waals surface area contributed by atoms with Gasteiger partial charge in [0.2, 0.25) is 0 Å². The van der Waals surface area contributed by atoms with Crippen LogP contribution in [-0.4, -0.2) is 6.61 Å². The molecule has 0 radical (unpaired) electrons. The van der Waals surface area contributed by atoms with Gasteiger partial charge in [-0.1, -0.05) is 29.8 Å². The Morgan fingerprint density at radius 1 is 1.50 bits per heavy atom. The number of nitrogens with two attached hydrogens (primary N) is 1. The first kappa shape index (κ1) is 11.1. The summed E-state index contributed by atoms with van der Waals surface area (Å²) in [5.41, 5.74) is 9.16. The van der Waals surface area contributed by atoms with E-state index in [4.69, 9.17) is 22.1 Å². The van der Waals surface area contributed by atoms with Crippen molar-refractivity contribution in [2.45, 2.75) is 13.5 Å². The van der Waals surface area contributed by atoms with E-state index >= 15 is 0 Å². The Bertz CT molecular complexity index is 323. The van der Waals surface area contributed by atoms with Gasteiger partial charge in [0.15, 0.2) is 0 Å². The molecule has 0 amide bonds. The standard InChI is InChI=1S/C11H14ClNO/c1-9-4-2-5-10(8-13)11(9)14-7-3-6-12/h2-6H,7-8,13H2,1H3/b6-3+. The maximum Gasteiger partial charge on any atom is 0.127 e. The predicted molar refractivity (Wildman–Crippen MR) is 59.6 cm³/mol. The lowest BCUT2D eigenvalue weighted by Crippen LogP contribution is -2.03. The van der Waals surface area contributed by atoms with Gasteiger partial charge in [0.05, 0.1) is 0 Å². The molecule has 0 saturated carbocycles. The summed E-state index contributed by atoms with van der Waals surface area (Å²) >= 11 is 5.40. The van der Waals surface area contributed by atoms with E-state index in [0.29, 0.717) is 13.2 Å². The monoisotopic (exact) mass is 211 g/mol. The van der Waals surface area contributed by atoms with E-state index < -0.39 is 0 Å². The van der Waals surface area contributed by atoms with E-state index in [2.05, 4.69) is 0 Å². The fourth-order valence-electron chi connectivity index (χ4n) is 1.25. The Morgan fingerprint density at radius 3 is 2.93 bits per heavy atom. The molecule has 2 N–H and O–H groups in total. The average Bonchev–Trinajstić information content (AvgIpc) is 2.20. The molecule has 1 rings (SSSR count). The lowest BCUT2D eigenvalue weighted by molar-refractivity contribution is 0.356. The van der Waals surface area contributed by atoms with Crippen molar-refractivity contribution in [3.8, 4) is 5.75 Å². The first-order chi connectivity index (χ1) is 6.79. The fraction of sp³-hybridized carbons (Fsp3) is 0.273. The van der Waals surface area contributed by atoms with E-state index in [1.165, 1.54) is 5.54 Å². The normalized spacial score (nSPS) is 10.8.